The van der Waals surface area contributed by atoms with E-state index in [1.165, 1.54) is 24.3 Å². The van der Waals surface area contributed by atoms with Gasteiger partial charge in [0.05, 0.1) is 10.6 Å². The van der Waals surface area contributed by atoms with Gasteiger partial charge < -0.3 is 9.63 Å². The number of hydroxylamine groups is 1. The van der Waals surface area contributed by atoms with Gasteiger partial charge in [-0.2, -0.15) is 5.06 Å². The van der Waals surface area contributed by atoms with Gasteiger partial charge in [0.25, 0.3) is 5.69 Å². The summed E-state index contributed by atoms with van der Waals surface area (Å²) in [5.74, 6) is 0. The van der Waals surface area contributed by atoms with Crippen LogP contribution >= 0.6 is 0 Å². The molecule has 1 rings (SSSR count). The van der Waals surface area contributed by atoms with E-state index in [0.717, 1.165) is 5.06 Å². The molecule has 0 atom stereocenters. The predicted octanol–water partition coefficient (Wildman–Crippen LogP) is 4.02. The molecular weight excluding hydrogens is 292 g/mol. The van der Waals surface area contributed by atoms with Crippen LogP contribution in [-0.2, 0) is 4.53 Å². The lowest BCUT2D eigenvalue weighted by Gasteiger charge is -2.38. The quantitative estimate of drug-likeness (QED) is 0.515. The molecule has 0 aromatic heterocycles. The Labute approximate surface area is 124 Å². The molecule has 0 aliphatic heterocycles. The zero-order valence-corrected chi connectivity index (χ0v) is 13.8. The maximum atomic E-state index is 11.4. The summed E-state index contributed by atoms with van der Waals surface area (Å²) in [7, 11) is -2.34. The number of anilines is 1. The molecule has 7 nitrogen and oxygen atoms in total. The summed E-state index contributed by atoms with van der Waals surface area (Å²) in [4.78, 5) is 21.5. The Bertz CT molecular complexity index is 536. The van der Waals surface area contributed by atoms with Gasteiger partial charge in [-0.3, -0.25) is 10.1 Å². The molecule has 8 heteroatoms. The van der Waals surface area contributed by atoms with Crippen molar-refractivity contribution in [3.05, 3.63) is 34.4 Å². The van der Waals surface area contributed by atoms with Crippen molar-refractivity contribution in [1.29, 1.82) is 0 Å². The molecule has 0 unspecified atom stereocenters. The summed E-state index contributed by atoms with van der Waals surface area (Å²) < 4.78 is 5.75. The van der Waals surface area contributed by atoms with E-state index in [1.54, 1.807) is 0 Å². The third-order valence-corrected chi connectivity index (χ3v) is 7.85. The number of benzene rings is 1. The van der Waals surface area contributed by atoms with Crippen LogP contribution in [0.2, 0.25) is 18.1 Å². The molecule has 0 heterocycles. The van der Waals surface area contributed by atoms with Crippen molar-refractivity contribution >= 4 is 25.8 Å². The van der Waals surface area contributed by atoms with Crippen LogP contribution in [0, 0.1) is 10.1 Å². The molecule has 0 saturated carbocycles. The minimum atomic E-state index is -2.34. The number of nitro groups is 1. The highest BCUT2D eigenvalue weighted by Crippen LogP contribution is 2.38. The topological polar surface area (TPSA) is 92.9 Å². The predicted molar refractivity (Wildman–Crippen MR) is 81.9 cm³/mol. The van der Waals surface area contributed by atoms with E-state index >= 15 is 0 Å². The van der Waals surface area contributed by atoms with Crippen LogP contribution in [0.15, 0.2) is 24.3 Å². The minimum absolute atomic E-state index is 0.101. The standard InChI is InChI=1S/C13H20N2O5Si/c1-13(2,3)21(4,5)20-14(12(16)17)10-6-8-11(9-7-10)15(18)19/h6-9H,1-5H3,(H,16,17). The van der Waals surface area contributed by atoms with Crippen LogP contribution in [0.1, 0.15) is 20.8 Å². The van der Waals surface area contributed by atoms with Crippen LogP contribution in [0.4, 0.5) is 16.2 Å². The van der Waals surface area contributed by atoms with Gasteiger partial charge in [0.2, 0.25) is 8.32 Å². The number of carboxylic acid groups (broad SMARTS) is 1. The number of hydrogen-bond acceptors (Lipinski definition) is 4. The van der Waals surface area contributed by atoms with E-state index in [0.29, 0.717) is 0 Å². The second kappa shape index (κ2) is 5.82. The van der Waals surface area contributed by atoms with Gasteiger partial charge in [-0.15, -0.1) is 0 Å². The summed E-state index contributed by atoms with van der Waals surface area (Å²) in [5, 5.41) is 20.6. The fourth-order valence-electron chi connectivity index (χ4n) is 1.28. The molecule has 0 fully saturated rings. The zero-order valence-electron chi connectivity index (χ0n) is 12.8. The second-order valence-electron chi connectivity index (χ2n) is 6.20. The van der Waals surface area contributed by atoms with Gasteiger partial charge >= 0.3 is 6.09 Å². The molecule has 1 aromatic rings. The van der Waals surface area contributed by atoms with Gasteiger partial charge in [0.1, 0.15) is 0 Å². The van der Waals surface area contributed by atoms with Crippen LogP contribution in [-0.4, -0.2) is 24.4 Å². The Balaban J connectivity index is 3.08. The van der Waals surface area contributed by atoms with Crippen molar-refractivity contribution in [2.75, 3.05) is 5.06 Å². The van der Waals surface area contributed by atoms with Gasteiger partial charge in [-0.1, -0.05) is 20.8 Å². The molecule has 116 valence electrons. The number of non-ortho nitro benzene ring substituents is 1. The first-order valence-electron chi connectivity index (χ1n) is 6.42. The monoisotopic (exact) mass is 312 g/mol. The molecule has 1 aromatic carbocycles. The summed E-state index contributed by atoms with van der Waals surface area (Å²) in [6, 6.07) is 5.22. The number of carbonyl (C=O) groups is 1. The fraction of sp³-hybridized carbons (Fsp3) is 0.462. The smallest absolute Gasteiger partial charge is 0.435 e. The van der Waals surface area contributed by atoms with E-state index in [4.69, 9.17) is 4.53 Å². The molecule has 0 bridgehead atoms. The first-order valence-corrected chi connectivity index (χ1v) is 9.33. The Morgan fingerprint density at radius 2 is 1.76 bits per heavy atom. The van der Waals surface area contributed by atoms with Gasteiger partial charge in [-0.05, 0) is 30.3 Å². The molecule has 0 saturated heterocycles. The fourth-order valence-corrected chi connectivity index (χ4v) is 2.19. The number of nitro benzene ring substituents is 1. The van der Waals surface area contributed by atoms with Crippen molar-refractivity contribution in [2.24, 2.45) is 0 Å². The van der Waals surface area contributed by atoms with Crippen molar-refractivity contribution in [2.45, 2.75) is 38.9 Å². The third kappa shape index (κ3) is 4.02. The first kappa shape index (κ1) is 17.1. The van der Waals surface area contributed by atoms with Gasteiger partial charge in [0.15, 0.2) is 0 Å². The van der Waals surface area contributed by atoms with Crippen molar-refractivity contribution in [3.63, 3.8) is 0 Å². The second-order valence-corrected chi connectivity index (χ2v) is 10.9. The molecule has 1 amide bonds. The Morgan fingerprint density at radius 1 is 1.29 bits per heavy atom. The highest BCUT2D eigenvalue weighted by atomic mass is 28.4. The van der Waals surface area contributed by atoms with Crippen molar-refractivity contribution in [1.82, 2.24) is 0 Å². The molecule has 0 aliphatic carbocycles. The molecule has 0 radical (unpaired) electrons. The summed E-state index contributed by atoms with van der Waals surface area (Å²) in [5.41, 5.74) is 0.148. The lowest BCUT2D eigenvalue weighted by molar-refractivity contribution is -0.384. The summed E-state index contributed by atoms with van der Waals surface area (Å²) in [6.45, 7) is 9.84. The highest BCUT2D eigenvalue weighted by molar-refractivity contribution is 6.74. The summed E-state index contributed by atoms with van der Waals surface area (Å²) in [6.07, 6.45) is -1.26. The number of nitrogens with zero attached hydrogens (tertiary/aromatic N) is 2. The van der Waals surface area contributed by atoms with Gasteiger partial charge in [0, 0.05) is 12.1 Å². The molecule has 0 spiro atoms. The van der Waals surface area contributed by atoms with Gasteiger partial charge in [-0.25, -0.2) is 4.79 Å². The lowest BCUT2D eigenvalue weighted by atomic mass is 10.2. The molecule has 21 heavy (non-hydrogen) atoms. The normalized spacial score (nSPS) is 12.0. The first-order chi connectivity index (χ1) is 9.45. The maximum Gasteiger partial charge on any atom is 0.435 e. The molecule has 0 aliphatic rings. The molecule has 1 N–H and O–H groups in total. The number of hydrogen-bond donors (Lipinski definition) is 1. The highest BCUT2D eigenvalue weighted by Gasteiger charge is 2.41. The number of rotatable bonds is 4. The lowest BCUT2D eigenvalue weighted by Crippen LogP contribution is -2.48. The van der Waals surface area contributed by atoms with Crippen molar-refractivity contribution < 1.29 is 19.4 Å². The van der Waals surface area contributed by atoms with E-state index in [2.05, 4.69) is 0 Å². The average Bonchev–Trinajstić information content (AvgIpc) is 2.34. The van der Waals surface area contributed by atoms with Crippen LogP contribution < -0.4 is 5.06 Å². The zero-order chi connectivity index (χ0) is 16.4. The Kier molecular flexibility index (Phi) is 4.75. The SMILES string of the molecule is CC(C)(C)[Si](C)(C)ON(C(=O)O)c1ccc([N+](=O)[O-])cc1. The summed E-state index contributed by atoms with van der Waals surface area (Å²) >= 11 is 0. The molecular formula is C13H20N2O5Si. The maximum absolute atomic E-state index is 11.4. The van der Waals surface area contributed by atoms with Crippen LogP contribution in [0.3, 0.4) is 0 Å². The minimum Gasteiger partial charge on any atom is -0.463 e. The average molecular weight is 312 g/mol. The van der Waals surface area contributed by atoms with E-state index in [9.17, 15) is 20.0 Å². The van der Waals surface area contributed by atoms with E-state index < -0.39 is 19.3 Å². The van der Waals surface area contributed by atoms with Crippen LogP contribution in [0.25, 0.3) is 0 Å². The Hall–Kier alpha value is -1.93. The third-order valence-electron chi connectivity index (χ3n) is 3.59. The van der Waals surface area contributed by atoms with Crippen molar-refractivity contribution in [3.8, 4) is 0 Å². The number of amides is 1. The largest absolute Gasteiger partial charge is 0.463 e. The van der Waals surface area contributed by atoms with E-state index in [1.807, 2.05) is 33.9 Å². The van der Waals surface area contributed by atoms with E-state index in [-0.39, 0.29) is 16.4 Å². The Morgan fingerprint density at radius 3 is 2.10 bits per heavy atom. The van der Waals surface area contributed by atoms with Crippen LogP contribution in [0.5, 0.6) is 0 Å².